The van der Waals surface area contributed by atoms with Crippen LogP contribution >= 0.6 is 15.9 Å². The lowest BCUT2D eigenvalue weighted by Crippen LogP contribution is -2.30. The molecule has 0 N–H and O–H groups in total. The standard InChI is InChI=1S/C13H19BrN2O3/c1-18-8-7-16(6-5-13(17)19-2)10-12-4-3-11(14)9-15-12/h3-4,9H,5-8,10H2,1-2H3. The SMILES string of the molecule is COCCN(CCC(=O)OC)Cc1ccc(Br)cn1. The number of aromatic nitrogens is 1. The zero-order valence-corrected chi connectivity index (χ0v) is 12.9. The Morgan fingerprint density at radius 3 is 2.74 bits per heavy atom. The van der Waals surface area contributed by atoms with Crippen LogP contribution in [0.15, 0.2) is 22.8 Å². The van der Waals surface area contributed by atoms with Crippen molar-refractivity contribution in [3.8, 4) is 0 Å². The minimum atomic E-state index is -0.203. The first kappa shape index (κ1) is 16.1. The largest absolute Gasteiger partial charge is 0.469 e. The Morgan fingerprint density at radius 1 is 1.37 bits per heavy atom. The molecule has 5 nitrogen and oxygen atoms in total. The summed E-state index contributed by atoms with van der Waals surface area (Å²) in [6.45, 7) is 2.70. The molecule has 0 saturated carbocycles. The average Bonchev–Trinajstić information content (AvgIpc) is 2.43. The third-order valence-corrected chi connectivity index (χ3v) is 3.11. The molecule has 1 heterocycles. The first-order valence-electron chi connectivity index (χ1n) is 6.04. The molecule has 0 amide bonds. The summed E-state index contributed by atoms with van der Waals surface area (Å²) in [7, 11) is 3.06. The Labute approximate surface area is 122 Å². The summed E-state index contributed by atoms with van der Waals surface area (Å²) in [6.07, 6.45) is 2.14. The highest BCUT2D eigenvalue weighted by molar-refractivity contribution is 9.10. The Kier molecular flexibility index (Phi) is 7.62. The van der Waals surface area contributed by atoms with Gasteiger partial charge in [-0.3, -0.25) is 14.7 Å². The number of nitrogens with zero attached hydrogens (tertiary/aromatic N) is 2. The highest BCUT2D eigenvalue weighted by Crippen LogP contribution is 2.09. The number of carbonyl (C=O) groups excluding carboxylic acids is 1. The fourth-order valence-electron chi connectivity index (χ4n) is 1.57. The molecule has 0 unspecified atom stereocenters. The van der Waals surface area contributed by atoms with E-state index in [0.717, 1.165) is 16.7 Å². The molecule has 19 heavy (non-hydrogen) atoms. The number of methoxy groups -OCH3 is 2. The van der Waals surface area contributed by atoms with Gasteiger partial charge in [-0.2, -0.15) is 0 Å². The summed E-state index contributed by atoms with van der Waals surface area (Å²) in [4.78, 5) is 17.6. The molecular formula is C13H19BrN2O3. The van der Waals surface area contributed by atoms with Gasteiger partial charge in [-0.25, -0.2) is 0 Å². The number of rotatable bonds is 8. The van der Waals surface area contributed by atoms with E-state index >= 15 is 0 Å². The van der Waals surface area contributed by atoms with E-state index in [1.54, 1.807) is 13.3 Å². The van der Waals surface area contributed by atoms with Crippen LogP contribution in [0.5, 0.6) is 0 Å². The van der Waals surface area contributed by atoms with E-state index in [0.29, 0.717) is 26.1 Å². The van der Waals surface area contributed by atoms with Gasteiger partial charge in [0.2, 0.25) is 0 Å². The van der Waals surface area contributed by atoms with Crippen LogP contribution < -0.4 is 0 Å². The van der Waals surface area contributed by atoms with E-state index in [9.17, 15) is 4.79 Å². The number of halogens is 1. The number of ether oxygens (including phenoxy) is 2. The molecule has 0 saturated heterocycles. The van der Waals surface area contributed by atoms with Gasteiger partial charge in [-0.1, -0.05) is 0 Å². The minimum Gasteiger partial charge on any atom is -0.469 e. The smallest absolute Gasteiger partial charge is 0.306 e. The highest BCUT2D eigenvalue weighted by atomic mass is 79.9. The second-order valence-electron chi connectivity index (χ2n) is 4.06. The van der Waals surface area contributed by atoms with Gasteiger partial charge in [-0.05, 0) is 28.1 Å². The number of pyridine rings is 1. The van der Waals surface area contributed by atoms with Gasteiger partial charge in [-0.15, -0.1) is 0 Å². The fraction of sp³-hybridized carbons (Fsp3) is 0.538. The topological polar surface area (TPSA) is 51.7 Å². The highest BCUT2D eigenvalue weighted by Gasteiger charge is 2.09. The van der Waals surface area contributed by atoms with E-state index in [1.165, 1.54) is 7.11 Å². The molecule has 0 bridgehead atoms. The molecule has 0 radical (unpaired) electrons. The third kappa shape index (κ3) is 6.66. The summed E-state index contributed by atoms with van der Waals surface area (Å²) in [6, 6.07) is 3.92. The van der Waals surface area contributed by atoms with Gasteiger partial charge < -0.3 is 9.47 Å². The monoisotopic (exact) mass is 330 g/mol. The van der Waals surface area contributed by atoms with Crippen molar-refractivity contribution in [2.75, 3.05) is 33.9 Å². The lowest BCUT2D eigenvalue weighted by Gasteiger charge is -2.20. The van der Waals surface area contributed by atoms with Crippen LogP contribution in [-0.4, -0.2) is 49.8 Å². The van der Waals surface area contributed by atoms with E-state index in [1.807, 2.05) is 12.1 Å². The average molecular weight is 331 g/mol. The van der Waals surface area contributed by atoms with Gasteiger partial charge in [0.25, 0.3) is 0 Å². The molecule has 106 valence electrons. The second-order valence-corrected chi connectivity index (χ2v) is 4.98. The molecule has 1 aromatic rings. The maximum absolute atomic E-state index is 11.2. The van der Waals surface area contributed by atoms with Crippen molar-refractivity contribution < 1.29 is 14.3 Å². The number of esters is 1. The van der Waals surface area contributed by atoms with E-state index in [2.05, 4.69) is 30.6 Å². The summed E-state index contributed by atoms with van der Waals surface area (Å²) < 4.78 is 10.7. The van der Waals surface area contributed by atoms with Crippen molar-refractivity contribution in [1.29, 1.82) is 0 Å². The first-order chi connectivity index (χ1) is 9.15. The zero-order valence-electron chi connectivity index (χ0n) is 11.3. The molecule has 0 spiro atoms. The van der Waals surface area contributed by atoms with E-state index < -0.39 is 0 Å². The van der Waals surface area contributed by atoms with Crippen LogP contribution in [0.25, 0.3) is 0 Å². The van der Waals surface area contributed by atoms with Crippen molar-refractivity contribution in [1.82, 2.24) is 9.88 Å². The van der Waals surface area contributed by atoms with E-state index in [-0.39, 0.29) is 5.97 Å². The van der Waals surface area contributed by atoms with Gasteiger partial charge in [0.05, 0.1) is 25.8 Å². The normalized spacial score (nSPS) is 10.7. The summed E-state index contributed by atoms with van der Waals surface area (Å²) in [5.74, 6) is -0.203. The van der Waals surface area contributed by atoms with Gasteiger partial charge in [0.15, 0.2) is 0 Å². The lowest BCUT2D eigenvalue weighted by molar-refractivity contribution is -0.141. The molecule has 0 aliphatic carbocycles. The van der Waals surface area contributed by atoms with Crippen LogP contribution in [0.4, 0.5) is 0 Å². The van der Waals surface area contributed by atoms with E-state index in [4.69, 9.17) is 4.74 Å². The molecule has 0 atom stereocenters. The Morgan fingerprint density at radius 2 is 2.16 bits per heavy atom. The zero-order chi connectivity index (χ0) is 14.1. The molecule has 1 aromatic heterocycles. The molecule has 1 rings (SSSR count). The third-order valence-electron chi connectivity index (χ3n) is 2.65. The fourth-order valence-corrected chi connectivity index (χ4v) is 1.81. The van der Waals surface area contributed by atoms with Gasteiger partial charge in [0, 0.05) is 37.4 Å². The van der Waals surface area contributed by atoms with Crippen LogP contribution in [0.3, 0.4) is 0 Å². The Balaban J connectivity index is 2.52. The first-order valence-corrected chi connectivity index (χ1v) is 6.83. The second kappa shape index (κ2) is 9.01. The van der Waals surface area contributed by atoms with Gasteiger partial charge in [0.1, 0.15) is 0 Å². The van der Waals surface area contributed by atoms with Crippen molar-refractivity contribution in [3.63, 3.8) is 0 Å². The predicted octanol–water partition coefficient (Wildman–Crippen LogP) is 1.86. The van der Waals surface area contributed by atoms with Crippen molar-refractivity contribution in [3.05, 3.63) is 28.5 Å². The molecular weight excluding hydrogens is 312 g/mol. The predicted molar refractivity (Wildman–Crippen MR) is 75.7 cm³/mol. The number of hydrogen-bond donors (Lipinski definition) is 0. The van der Waals surface area contributed by atoms with Crippen LogP contribution in [-0.2, 0) is 20.8 Å². The summed E-state index contributed by atoms with van der Waals surface area (Å²) >= 11 is 3.36. The molecule has 0 fully saturated rings. The van der Waals surface area contributed by atoms with Crippen molar-refractivity contribution in [2.24, 2.45) is 0 Å². The lowest BCUT2D eigenvalue weighted by atomic mass is 10.3. The number of carbonyl (C=O) groups is 1. The number of hydrogen-bond acceptors (Lipinski definition) is 5. The summed E-state index contributed by atoms with van der Waals surface area (Å²) in [5, 5.41) is 0. The summed E-state index contributed by atoms with van der Waals surface area (Å²) in [5.41, 5.74) is 0.962. The van der Waals surface area contributed by atoms with Crippen LogP contribution in [0.1, 0.15) is 12.1 Å². The maximum atomic E-state index is 11.2. The minimum absolute atomic E-state index is 0.203. The molecule has 6 heteroatoms. The molecule has 0 aromatic carbocycles. The molecule has 0 aliphatic heterocycles. The maximum Gasteiger partial charge on any atom is 0.306 e. The van der Waals surface area contributed by atoms with Crippen molar-refractivity contribution in [2.45, 2.75) is 13.0 Å². The quantitative estimate of drug-likeness (QED) is 0.681. The van der Waals surface area contributed by atoms with Crippen molar-refractivity contribution >= 4 is 21.9 Å². The Bertz CT molecular complexity index is 384. The van der Waals surface area contributed by atoms with Crippen LogP contribution in [0, 0.1) is 0 Å². The van der Waals surface area contributed by atoms with Gasteiger partial charge >= 0.3 is 5.97 Å². The molecule has 0 aliphatic rings. The Hall–Kier alpha value is -0.980. The van der Waals surface area contributed by atoms with Crippen LogP contribution in [0.2, 0.25) is 0 Å².